The lowest BCUT2D eigenvalue weighted by molar-refractivity contribution is 0.215. The van der Waals surface area contributed by atoms with Crippen LogP contribution in [0, 0.1) is 5.92 Å². The average molecular weight is 477 g/mol. The molecule has 0 spiro atoms. The highest BCUT2D eigenvalue weighted by Crippen LogP contribution is 2.40. The molecule has 6 rings (SSSR count). The number of piperazine rings is 1. The van der Waals surface area contributed by atoms with Crippen molar-refractivity contribution in [1.82, 2.24) is 25.0 Å². The van der Waals surface area contributed by atoms with E-state index in [9.17, 15) is 0 Å². The standard InChI is InChI=1S/C25H28N6O2S/c1-16-3-8-19-20(13-16)34-25-22(19)24(26-15-27-25)31-11-9-30(10-12-31)14-21-28-23(29-33-21)17-4-6-18(32-2)7-5-17/h4-7,15-16H,3,8-14H2,1-2H3/t16-/m1/s1. The number of nitrogens with zero attached hydrogens (tertiary/aromatic N) is 6. The Labute approximate surface area is 202 Å². The van der Waals surface area contributed by atoms with Gasteiger partial charge in [0.25, 0.3) is 0 Å². The van der Waals surface area contributed by atoms with E-state index in [1.807, 2.05) is 35.6 Å². The Morgan fingerprint density at radius 3 is 2.74 bits per heavy atom. The van der Waals surface area contributed by atoms with Gasteiger partial charge in [-0.15, -0.1) is 11.3 Å². The molecule has 0 N–H and O–H groups in total. The first-order chi connectivity index (χ1) is 16.7. The maximum absolute atomic E-state index is 5.54. The van der Waals surface area contributed by atoms with Crippen molar-refractivity contribution in [3.05, 3.63) is 46.9 Å². The molecule has 0 bridgehead atoms. The first-order valence-corrected chi connectivity index (χ1v) is 12.7. The van der Waals surface area contributed by atoms with Crippen molar-refractivity contribution in [2.45, 2.75) is 32.7 Å². The Kier molecular flexibility index (Phi) is 5.66. The van der Waals surface area contributed by atoms with Crippen molar-refractivity contribution in [3.63, 3.8) is 0 Å². The maximum Gasteiger partial charge on any atom is 0.241 e. The zero-order valence-electron chi connectivity index (χ0n) is 19.5. The van der Waals surface area contributed by atoms with Gasteiger partial charge in [-0.25, -0.2) is 9.97 Å². The van der Waals surface area contributed by atoms with Crippen LogP contribution in [-0.4, -0.2) is 58.3 Å². The van der Waals surface area contributed by atoms with E-state index < -0.39 is 0 Å². The second-order valence-corrected chi connectivity index (χ2v) is 10.3. The van der Waals surface area contributed by atoms with E-state index in [0.29, 0.717) is 18.3 Å². The van der Waals surface area contributed by atoms with Gasteiger partial charge < -0.3 is 14.2 Å². The Morgan fingerprint density at radius 2 is 1.94 bits per heavy atom. The number of thiophene rings is 1. The van der Waals surface area contributed by atoms with Crippen LogP contribution in [0.1, 0.15) is 29.7 Å². The van der Waals surface area contributed by atoms with Crippen molar-refractivity contribution >= 4 is 27.4 Å². The number of hydrogen-bond donors (Lipinski definition) is 0. The van der Waals surface area contributed by atoms with E-state index >= 15 is 0 Å². The predicted octanol–water partition coefficient (Wildman–Crippen LogP) is 4.20. The summed E-state index contributed by atoms with van der Waals surface area (Å²) >= 11 is 1.86. The van der Waals surface area contributed by atoms with Crippen molar-refractivity contribution in [1.29, 1.82) is 0 Å². The third kappa shape index (κ3) is 4.03. The highest BCUT2D eigenvalue weighted by Gasteiger charge is 2.27. The molecule has 176 valence electrons. The minimum Gasteiger partial charge on any atom is -0.497 e. The molecule has 1 aliphatic carbocycles. The predicted molar refractivity (Wildman–Crippen MR) is 132 cm³/mol. The third-order valence-electron chi connectivity index (χ3n) is 6.92. The smallest absolute Gasteiger partial charge is 0.241 e. The molecule has 3 aromatic heterocycles. The van der Waals surface area contributed by atoms with E-state index in [1.54, 1.807) is 13.4 Å². The molecule has 1 aromatic carbocycles. The molecule has 4 heterocycles. The van der Waals surface area contributed by atoms with Gasteiger partial charge in [0.2, 0.25) is 11.7 Å². The van der Waals surface area contributed by atoms with E-state index in [1.165, 1.54) is 28.7 Å². The molecule has 0 saturated carbocycles. The topological polar surface area (TPSA) is 80.4 Å². The summed E-state index contributed by atoms with van der Waals surface area (Å²) in [6, 6.07) is 7.69. The molecule has 1 saturated heterocycles. The van der Waals surface area contributed by atoms with Crippen LogP contribution in [0.4, 0.5) is 5.82 Å². The monoisotopic (exact) mass is 476 g/mol. The van der Waals surface area contributed by atoms with Crippen molar-refractivity contribution < 1.29 is 9.26 Å². The van der Waals surface area contributed by atoms with Crippen LogP contribution in [-0.2, 0) is 19.4 Å². The highest BCUT2D eigenvalue weighted by atomic mass is 32.1. The maximum atomic E-state index is 5.54. The van der Waals surface area contributed by atoms with E-state index in [2.05, 4.69) is 31.8 Å². The summed E-state index contributed by atoms with van der Waals surface area (Å²) < 4.78 is 10.8. The molecule has 0 unspecified atom stereocenters. The Hall–Kier alpha value is -3.04. The Bertz CT molecular complexity index is 1290. The van der Waals surface area contributed by atoms with Gasteiger partial charge >= 0.3 is 0 Å². The summed E-state index contributed by atoms with van der Waals surface area (Å²) in [5.41, 5.74) is 2.41. The second-order valence-electron chi connectivity index (χ2n) is 9.23. The molecule has 1 aliphatic heterocycles. The zero-order valence-corrected chi connectivity index (χ0v) is 20.3. The van der Waals surface area contributed by atoms with Crippen LogP contribution in [0.25, 0.3) is 21.6 Å². The summed E-state index contributed by atoms with van der Waals surface area (Å²) in [5.74, 6) is 3.93. The molecule has 2 aliphatic rings. The number of fused-ring (bicyclic) bond motifs is 3. The number of anilines is 1. The first kappa shape index (κ1) is 21.5. The van der Waals surface area contributed by atoms with Crippen molar-refractivity contribution in [3.8, 4) is 17.1 Å². The minimum atomic E-state index is 0.608. The number of benzene rings is 1. The molecule has 34 heavy (non-hydrogen) atoms. The SMILES string of the molecule is COc1ccc(-c2noc(CN3CCN(c4ncnc5sc6c(c45)CC[C@@H](C)C6)CC3)n2)cc1. The fourth-order valence-electron chi connectivity index (χ4n) is 4.98. The number of rotatable bonds is 5. The Morgan fingerprint density at radius 1 is 1.12 bits per heavy atom. The summed E-state index contributed by atoms with van der Waals surface area (Å²) in [5, 5.41) is 5.46. The van der Waals surface area contributed by atoms with Crippen LogP contribution in [0.2, 0.25) is 0 Å². The number of aromatic nitrogens is 4. The van der Waals surface area contributed by atoms with Gasteiger partial charge in [0.15, 0.2) is 0 Å². The summed E-state index contributed by atoms with van der Waals surface area (Å²) in [4.78, 5) is 21.4. The van der Waals surface area contributed by atoms with Gasteiger partial charge in [-0.2, -0.15) is 4.98 Å². The summed E-state index contributed by atoms with van der Waals surface area (Å²) in [7, 11) is 1.66. The molecule has 0 radical (unpaired) electrons. The van der Waals surface area contributed by atoms with E-state index in [4.69, 9.17) is 14.2 Å². The molecular formula is C25H28N6O2S. The average Bonchev–Trinajstić information content (AvgIpc) is 3.48. The van der Waals surface area contributed by atoms with Gasteiger partial charge in [0.1, 0.15) is 22.7 Å². The lowest BCUT2D eigenvalue weighted by Gasteiger charge is -2.35. The molecule has 0 amide bonds. The molecule has 4 aromatic rings. The number of aryl methyl sites for hydroxylation is 1. The number of methoxy groups -OCH3 is 1. The molecule has 1 fully saturated rings. The van der Waals surface area contributed by atoms with Gasteiger partial charge in [0.05, 0.1) is 19.0 Å². The lowest BCUT2D eigenvalue weighted by atomic mass is 9.89. The van der Waals surface area contributed by atoms with Gasteiger partial charge in [0, 0.05) is 36.6 Å². The largest absolute Gasteiger partial charge is 0.497 e. The fraction of sp³-hybridized carbons (Fsp3) is 0.440. The fourth-order valence-corrected chi connectivity index (χ4v) is 6.33. The van der Waals surface area contributed by atoms with Gasteiger partial charge in [-0.1, -0.05) is 12.1 Å². The quantitative estimate of drug-likeness (QED) is 0.424. The van der Waals surface area contributed by atoms with Crippen LogP contribution in [0.3, 0.4) is 0 Å². The zero-order chi connectivity index (χ0) is 23.1. The van der Waals surface area contributed by atoms with Crippen molar-refractivity contribution in [2.24, 2.45) is 5.92 Å². The first-order valence-electron chi connectivity index (χ1n) is 11.9. The van der Waals surface area contributed by atoms with Gasteiger partial charge in [-0.05, 0) is 55.0 Å². The summed E-state index contributed by atoms with van der Waals surface area (Å²) in [6.07, 6.45) is 5.30. The van der Waals surface area contributed by atoms with Crippen LogP contribution < -0.4 is 9.64 Å². The molecular weight excluding hydrogens is 448 g/mol. The van der Waals surface area contributed by atoms with E-state index in [0.717, 1.165) is 60.5 Å². The van der Waals surface area contributed by atoms with E-state index in [-0.39, 0.29) is 0 Å². The highest BCUT2D eigenvalue weighted by molar-refractivity contribution is 7.19. The van der Waals surface area contributed by atoms with Gasteiger partial charge in [-0.3, -0.25) is 4.90 Å². The van der Waals surface area contributed by atoms with Crippen LogP contribution in [0.5, 0.6) is 5.75 Å². The number of ether oxygens (including phenoxy) is 1. The molecule has 1 atom stereocenters. The second kappa shape index (κ2) is 8.96. The lowest BCUT2D eigenvalue weighted by Crippen LogP contribution is -2.46. The van der Waals surface area contributed by atoms with Crippen molar-refractivity contribution in [2.75, 3.05) is 38.2 Å². The molecule has 9 heteroatoms. The van der Waals surface area contributed by atoms with Crippen LogP contribution >= 0.6 is 11.3 Å². The third-order valence-corrected chi connectivity index (χ3v) is 8.08. The minimum absolute atomic E-state index is 0.608. The normalized spacial score (nSPS) is 18.9. The van der Waals surface area contributed by atoms with Crippen LogP contribution in [0.15, 0.2) is 35.1 Å². The summed E-state index contributed by atoms with van der Waals surface area (Å²) in [6.45, 7) is 6.70. The number of hydrogen-bond acceptors (Lipinski definition) is 9. The molecule has 8 nitrogen and oxygen atoms in total. The Balaban J connectivity index is 1.13.